The van der Waals surface area contributed by atoms with E-state index in [1.807, 2.05) is 16.7 Å². The van der Waals surface area contributed by atoms with Crippen molar-refractivity contribution in [1.82, 2.24) is 14.8 Å². The van der Waals surface area contributed by atoms with E-state index in [2.05, 4.69) is 38.3 Å². The number of benzene rings is 1. The first-order valence-electron chi connectivity index (χ1n) is 6.72. The molecule has 2 aromatic rings. The van der Waals surface area contributed by atoms with Crippen molar-refractivity contribution in [2.75, 3.05) is 0 Å². The minimum absolute atomic E-state index is 0.152. The summed E-state index contributed by atoms with van der Waals surface area (Å²) in [6, 6.07) is 8.14. The molecule has 0 unspecified atom stereocenters. The van der Waals surface area contributed by atoms with Crippen LogP contribution in [0.4, 0.5) is 0 Å². The van der Waals surface area contributed by atoms with Crippen LogP contribution in [-0.2, 0) is 17.1 Å². The Morgan fingerprint density at radius 2 is 2.24 bits per heavy atom. The number of nitrogens with zero attached hydrogens (tertiary/aromatic N) is 3. The summed E-state index contributed by atoms with van der Waals surface area (Å²) < 4.78 is 2.92. The number of hydrogen-bond donors (Lipinski definition) is 1. The Bertz CT molecular complexity index is 669. The van der Waals surface area contributed by atoms with Gasteiger partial charge in [-0.25, -0.2) is 0 Å². The minimum Gasteiger partial charge on any atom is -0.368 e. The lowest BCUT2D eigenvalue weighted by Gasteiger charge is -2.07. The van der Waals surface area contributed by atoms with Gasteiger partial charge in [0.2, 0.25) is 5.91 Å². The summed E-state index contributed by atoms with van der Waals surface area (Å²) in [5.74, 6) is 1.75. The number of aromatic nitrogens is 3. The molecule has 1 heterocycles. The summed E-state index contributed by atoms with van der Waals surface area (Å²) in [4.78, 5) is 11.3. The van der Waals surface area contributed by atoms with Crippen molar-refractivity contribution in [3.05, 3.63) is 40.1 Å². The predicted octanol–water partition coefficient (Wildman–Crippen LogP) is 2.70. The van der Waals surface area contributed by atoms with Crippen LogP contribution in [0.5, 0.6) is 0 Å². The third-order valence-corrected chi connectivity index (χ3v) is 4.79. The molecular formula is C14H15BrN4OS. The van der Waals surface area contributed by atoms with E-state index in [-0.39, 0.29) is 12.5 Å². The molecule has 0 saturated heterocycles. The summed E-state index contributed by atoms with van der Waals surface area (Å²) in [6.07, 6.45) is 2.24. The van der Waals surface area contributed by atoms with Crippen molar-refractivity contribution in [2.24, 2.45) is 5.73 Å². The van der Waals surface area contributed by atoms with Gasteiger partial charge in [0, 0.05) is 16.1 Å². The zero-order valence-electron chi connectivity index (χ0n) is 11.3. The van der Waals surface area contributed by atoms with Crippen molar-refractivity contribution in [3.8, 4) is 0 Å². The van der Waals surface area contributed by atoms with Gasteiger partial charge in [-0.15, -0.1) is 10.2 Å². The maximum atomic E-state index is 11.3. The largest absolute Gasteiger partial charge is 0.368 e. The average Bonchev–Trinajstić information content (AvgIpc) is 3.20. The molecule has 21 heavy (non-hydrogen) atoms. The Hall–Kier alpha value is -1.34. The Kier molecular flexibility index (Phi) is 4.30. The lowest BCUT2D eigenvalue weighted by Crippen LogP contribution is -2.20. The van der Waals surface area contributed by atoms with E-state index >= 15 is 0 Å². The molecule has 0 atom stereocenters. The fourth-order valence-electron chi connectivity index (χ4n) is 2.13. The topological polar surface area (TPSA) is 73.8 Å². The SMILES string of the molecule is NC(=O)Cn1c(SCc2cccc(Br)c2)nnc1C1CC1. The lowest BCUT2D eigenvalue weighted by atomic mass is 10.2. The highest BCUT2D eigenvalue weighted by molar-refractivity contribution is 9.10. The van der Waals surface area contributed by atoms with Crippen molar-refractivity contribution >= 4 is 33.6 Å². The van der Waals surface area contributed by atoms with Crippen molar-refractivity contribution < 1.29 is 4.79 Å². The number of nitrogens with two attached hydrogens (primary N) is 1. The number of amides is 1. The Morgan fingerprint density at radius 1 is 1.43 bits per heavy atom. The van der Waals surface area contributed by atoms with Crippen LogP contribution in [0.2, 0.25) is 0 Å². The van der Waals surface area contributed by atoms with Crippen LogP contribution < -0.4 is 5.73 Å². The van der Waals surface area contributed by atoms with Gasteiger partial charge >= 0.3 is 0 Å². The number of primary amides is 1. The van der Waals surface area contributed by atoms with Gasteiger partial charge in [-0.2, -0.15) is 0 Å². The summed E-state index contributed by atoms with van der Waals surface area (Å²) in [5.41, 5.74) is 6.53. The van der Waals surface area contributed by atoms with E-state index < -0.39 is 0 Å². The molecule has 1 aromatic heterocycles. The second-order valence-corrected chi connectivity index (χ2v) is 6.94. The maximum Gasteiger partial charge on any atom is 0.237 e. The first-order chi connectivity index (χ1) is 10.1. The number of halogens is 1. The zero-order valence-corrected chi connectivity index (χ0v) is 13.7. The molecular weight excluding hydrogens is 352 g/mol. The van der Waals surface area contributed by atoms with Crippen LogP contribution in [-0.4, -0.2) is 20.7 Å². The molecule has 0 aliphatic heterocycles. The van der Waals surface area contributed by atoms with Gasteiger partial charge in [-0.05, 0) is 30.5 Å². The number of hydrogen-bond acceptors (Lipinski definition) is 4. The molecule has 2 N–H and O–H groups in total. The summed E-state index contributed by atoms with van der Waals surface area (Å²) in [5, 5.41) is 9.22. The molecule has 5 nitrogen and oxygen atoms in total. The fourth-order valence-corrected chi connectivity index (χ4v) is 3.46. The molecule has 1 fully saturated rings. The number of thioether (sulfide) groups is 1. The Labute approximate surface area is 135 Å². The molecule has 1 aliphatic carbocycles. The van der Waals surface area contributed by atoms with Crippen LogP contribution in [0, 0.1) is 0 Å². The highest BCUT2D eigenvalue weighted by Crippen LogP contribution is 2.40. The van der Waals surface area contributed by atoms with Gasteiger partial charge in [0.25, 0.3) is 0 Å². The summed E-state index contributed by atoms with van der Waals surface area (Å²) in [6.45, 7) is 0.152. The van der Waals surface area contributed by atoms with E-state index in [0.717, 1.165) is 34.0 Å². The van der Waals surface area contributed by atoms with Crippen molar-refractivity contribution in [2.45, 2.75) is 36.2 Å². The third kappa shape index (κ3) is 3.65. The Balaban J connectivity index is 1.76. The van der Waals surface area contributed by atoms with Gasteiger partial charge in [0.1, 0.15) is 12.4 Å². The van der Waals surface area contributed by atoms with E-state index in [9.17, 15) is 4.79 Å². The van der Waals surface area contributed by atoms with Gasteiger partial charge < -0.3 is 5.73 Å². The standard InChI is InChI=1S/C14H15BrN4OS/c15-11-3-1-2-9(6-11)8-21-14-18-17-13(10-4-5-10)19(14)7-12(16)20/h1-3,6,10H,4-5,7-8H2,(H2,16,20). The molecule has 1 aromatic carbocycles. The number of carbonyl (C=O) groups excluding carboxylic acids is 1. The van der Waals surface area contributed by atoms with Gasteiger partial charge in [-0.3, -0.25) is 9.36 Å². The highest BCUT2D eigenvalue weighted by atomic mass is 79.9. The van der Waals surface area contributed by atoms with E-state index in [4.69, 9.17) is 5.73 Å². The minimum atomic E-state index is -0.360. The van der Waals surface area contributed by atoms with Crippen LogP contribution in [0.25, 0.3) is 0 Å². The average molecular weight is 367 g/mol. The van der Waals surface area contributed by atoms with Crippen LogP contribution >= 0.6 is 27.7 Å². The van der Waals surface area contributed by atoms with Gasteiger partial charge in [0.05, 0.1) is 0 Å². The lowest BCUT2D eigenvalue weighted by molar-refractivity contribution is -0.118. The van der Waals surface area contributed by atoms with Crippen molar-refractivity contribution in [1.29, 1.82) is 0 Å². The number of carbonyl (C=O) groups is 1. The van der Waals surface area contributed by atoms with E-state index in [0.29, 0.717) is 5.92 Å². The highest BCUT2D eigenvalue weighted by Gasteiger charge is 2.30. The Morgan fingerprint density at radius 3 is 2.90 bits per heavy atom. The second-order valence-electron chi connectivity index (χ2n) is 5.09. The normalized spacial score (nSPS) is 14.3. The van der Waals surface area contributed by atoms with Gasteiger partial charge in [-0.1, -0.05) is 39.8 Å². The summed E-state index contributed by atoms with van der Waals surface area (Å²) in [7, 11) is 0. The fraction of sp³-hybridized carbons (Fsp3) is 0.357. The monoisotopic (exact) mass is 366 g/mol. The molecule has 1 aliphatic rings. The van der Waals surface area contributed by atoms with E-state index in [1.165, 1.54) is 5.56 Å². The molecule has 1 saturated carbocycles. The first kappa shape index (κ1) is 14.6. The first-order valence-corrected chi connectivity index (χ1v) is 8.50. The van der Waals surface area contributed by atoms with Crippen LogP contribution in [0.3, 0.4) is 0 Å². The molecule has 0 bridgehead atoms. The molecule has 3 rings (SSSR count). The maximum absolute atomic E-state index is 11.3. The van der Waals surface area contributed by atoms with Gasteiger partial charge in [0.15, 0.2) is 5.16 Å². The summed E-state index contributed by atoms with van der Waals surface area (Å²) >= 11 is 5.04. The second kappa shape index (κ2) is 6.19. The molecule has 0 spiro atoms. The third-order valence-electron chi connectivity index (χ3n) is 3.26. The number of rotatable bonds is 6. The molecule has 1 amide bonds. The zero-order chi connectivity index (χ0) is 14.8. The predicted molar refractivity (Wildman–Crippen MR) is 84.9 cm³/mol. The smallest absolute Gasteiger partial charge is 0.237 e. The van der Waals surface area contributed by atoms with Crippen LogP contribution in [0.1, 0.15) is 30.1 Å². The van der Waals surface area contributed by atoms with Crippen LogP contribution in [0.15, 0.2) is 33.9 Å². The van der Waals surface area contributed by atoms with E-state index in [1.54, 1.807) is 11.8 Å². The molecule has 110 valence electrons. The van der Waals surface area contributed by atoms with Crippen molar-refractivity contribution in [3.63, 3.8) is 0 Å². The molecule has 0 radical (unpaired) electrons. The molecule has 7 heteroatoms. The quantitative estimate of drug-likeness (QED) is 0.797.